The highest BCUT2D eigenvalue weighted by Gasteiger charge is 2.01. The second kappa shape index (κ2) is 7.75. The van der Waals surface area contributed by atoms with Gasteiger partial charge in [0.15, 0.2) is 0 Å². The van der Waals surface area contributed by atoms with Crippen molar-refractivity contribution in [3.05, 3.63) is 29.8 Å². The lowest BCUT2D eigenvalue weighted by Crippen LogP contribution is -2.19. The van der Waals surface area contributed by atoms with Crippen LogP contribution in [0.3, 0.4) is 0 Å². The van der Waals surface area contributed by atoms with Gasteiger partial charge in [0.25, 0.3) is 0 Å². The van der Waals surface area contributed by atoms with Crippen LogP contribution in [0.4, 0.5) is 0 Å². The summed E-state index contributed by atoms with van der Waals surface area (Å²) in [6.45, 7) is 2.58. The SMILES string of the molecule is C#CCOc1ccccc1CNCCOC. The molecule has 3 heteroatoms. The lowest BCUT2D eigenvalue weighted by atomic mass is 10.2. The Kier molecular flexibility index (Phi) is 6.09. The fourth-order valence-corrected chi connectivity index (χ4v) is 1.31. The fourth-order valence-electron chi connectivity index (χ4n) is 1.31. The van der Waals surface area contributed by atoms with E-state index in [1.54, 1.807) is 7.11 Å². The standard InChI is InChI=1S/C13H17NO2/c1-3-9-16-13-7-5-4-6-12(13)11-14-8-10-15-2/h1,4-7,14H,8-11H2,2H3. The molecule has 0 radical (unpaired) electrons. The molecule has 0 aliphatic carbocycles. The van der Waals surface area contributed by atoms with E-state index in [9.17, 15) is 0 Å². The first-order valence-electron chi connectivity index (χ1n) is 5.22. The highest BCUT2D eigenvalue weighted by molar-refractivity contribution is 5.33. The first-order valence-corrected chi connectivity index (χ1v) is 5.22. The van der Waals surface area contributed by atoms with Gasteiger partial charge in [-0.25, -0.2) is 0 Å². The maximum atomic E-state index is 5.44. The molecule has 1 aromatic carbocycles. The topological polar surface area (TPSA) is 30.5 Å². The minimum Gasteiger partial charge on any atom is -0.481 e. The van der Waals surface area contributed by atoms with Gasteiger partial charge in [-0.2, -0.15) is 0 Å². The number of rotatable bonds is 7. The minimum atomic E-state index is 0.301. The first kappa shape index (κ1) is 12.6. The molecule has 0 unspecified atom stereocenters. The Labute approximate surface area is 96.8 Å². The molecule has 0 saturated carbocycles. The van der Waals surface area contributed by atoms with Crippen LogP contribution in [0.25, 0.3) is 0 Å². The smallest absolute Gasteiger partial charge is 0.148 e. The third-order valence-electron chi connectivity index (χ3n) is 2.08. The average Bonchev–Trinajstić information content (AvgIpc) is 2.33. The molecule has 0 aliphatic rings. The quantitative estimate of drug-likeness (QED) is 0.556. The van der Waals surface area contributed by atoms with Crippen molar-refractivity contribution in [1.29, 1.82) is 0 Å². The molecule has 0 fully saturated rings. The zero-order valence-electron chi connectivity index (χ0n) is 9.53. The summed E-state index contributed by atoms with van der Waals surface area (Å²) in [6.07, 6.45) is 5.16. The summed E-state index contributed by atoms with van der Waals surface area (Å²) in [4.78, 5) is 0. The molecule has 16 heavy (non-hydrogen) atoms. The largest absolute Gasteiger partial charge is 0.481 e. The van der Waals surface area contributed by atoms with Crippen molar-refractivity contribution in [2.45, 2.75) is 6.54 Å². The van der Waals surface area contributed by atoms with Gasteiger partial charge in [-0.15, -0.1) is 6.42 Å². The van der Waals surface area contributed by atoms with Crippen molar-refractivity contribution in [3.8, 4) is 18.1 Å². The molecular formula is C13H17NO2. The van der Waals surface area contributed by atoms with Gasteiger partial charge in [0.2, 0.25) is 0 Å². The lowest BCUT2D eigenvalue weighted by molar-refractivity contribution is 0.199. The van der Waals surface area contributed by atoms with E-state index in [1.807, 2.05) is 24.3 Å². The fraction of sp³-hybridized carbons (Fsp3) is 0.385. The van der Waals surface area contributed by atoms with Crippen LogP contribution in [0.2, 0.25) is 0 Å². The van der Waals surface area contributed by atoms with Crippen molar-refractivity contribution >= 4 is 0 Å². The molecule has 1 N–H and O–H groups in total. The maximum Gasteiger partial charge on any atom is 0.148 e. The van der Waals surface area contributed by atoms with E-state index in [0.29, 0.717) is 13.2 Å². The van der Waals surface area contributed by atoms with Gasteiger partial charge in [-0.3, -0.25) is 0 Å². The molecule has 0 aromatic heterocycles. The number of hydrogen-bond donors (Lipinski definition) is 1. The van der Waals surface area contributed by atoms with E-state index < -0.39 is 0 Å². The van der Waals surface area contributed by atoms with Gasteiger partial charge in [-0.1, -0.05) is 24.1 Å². The van der Waals surface area contributed by atoms with Crippen LogP contribution in [0, 0.1) is 12.3 Å². The Morgan fingerprint density at radius 2 is 2.19 bits per heavy atom. The van der Waals surface area contributed by atoms with Crippen LogP contribution in [-0.4, -0.2) is 26.9 Å². The zero-order chi connectivity index (χ0) is 11.6. The second-order valence-electron chi connectivity index (χ2n) is 3.27. The van der Waals surface area contributed by atoms with Crippen LogP contribution < -0.4 is 10.1 Å². The Morgan fingerprint density at radius 1 is 1.38 bits per heavy atom. The predicted molar refractivity (Wildman–Crippen MR) is 64.4 cm³/mol. The van der Waals surface area contributed by atoms with Crippen molar-refractivity contribution < 1.29 is 9.47 Å². The van der Waals surface area contributed by atoms with Gasteiger partial charge in [0.1, 0.15) is 12.4 Å². The van der Waals surface area contributed by atoms with Gasteiger partial charge < -0.3 is 14.8 Å². The highest BCUT2D eigenvalue weighted by atomic mass is 16.5. The van der Waals surface area contributed by atoms with Crippen LogP contribution in [0.15, 0.2) is 24.3 Å². The third-order valence-corrected chi connectivity index (χ3v) is 2.08. The van der Waals surface area contributed by atoms with E-state index in [4.69, 9.17) is 15.9 Å². The first-order chi connectivity index (χ1) is 7.88. The normalized spacial score (nSPS) is 9.75. The Hall–Kier alpha value is -1.50. The Morgan fingerprint density at radius 3 is 2.94 bits per heavy atom. The number of para-hydroxylation sites is 1. The summed E-state index contributed by atoms with van der Waals surface area (Å²) in [7, 11) is 1.69. The monoisotopic (exact) mass is 219 g/mol. The number of terminal acetylenes is 1. The molecule has 1 aromatic rings. The molecule has 0 spiro atoms. The van der Waals surface area contributed by atoms with E-state index >= 15 is 0 Å². The molecule has 0 bridgehead atoms. The van der Waals surface area contributed by atoms with Crippen molar-refractivity contribution in [3.63, 3.8) is 0 Å². The molecule has 0 heterocycles. The van der Waals surface area contributed by atoms with Gasteiger partial charge in [-0.05, 0) is 6.07 Å². The molecule has 0 saturated heterocycles. The highest BCUT2D eigenvalue weighted by Crippen LogP contribution is 2.17. The number of methoxy groups -OCH3 is 1. The van der Waals surface area contributed by atoms with Crippen molar-refractivity contribution in [2.24, 2.45) is 0 Å². The number of ether oxygens (including phenoxy) is 2. The van der Waals surface area contributed by atoms with Crippen LogP contribution in [0.1, 0.15) is 5.56 Å². The zero-order valence-corrected chi connectivity index (χ0v) is 9.53. The summed E-state index contributed by atoms with van der Waals surface area (Å²) < 4.78 is 10.4. The average molecular weight is 219 g/mol. The molecule has 3 nitrogen and oxygen atoms in total. The van der Waals surface area contributed by atoms with E-state index in [2.05, 4.69) is 11.2 Å². The van der Waals surface area contributed by atoms with E-state index in [0.717, 1.165) is 24.4 Å². The van der Waals surface area contributed by atoms with Gasteiger partial charge in [0, 0.05) is 25.8 Å². The molecule has 0 atom stereocenters. The maximum absolute atomic E-state index is 5.44. The molecular weight excluding hydrogens is 202 g/mol. The minimum absolute atomic E-state index is 0.301. The molecule has 1 rings (SSSR count). The molecule has 86 valence electrons. The Bertz CT molecular complexity index is 344. The molecule has 0 aliphatic heterocycles. The number of hydrogen-bond acceptors (Lipinski definition) is 3. The second-order valence-corrected chi connectivity index (χ2v) is 3.27. The van der Waals surface area contributed by atoms with Crippen LogP contribution in [0.5, 0.6) is 5.75 Å². The summed E-state index contributed by atoms with van der Waals surface area (Å²) in [6, 6.07) is 7.86. The third kappa shape index (κ3) is 4.35. The van der Waals surface area contributed by atoms with Crippen molar-refractivity contribution in [2.75, 3.05) is 26.9 Å². The summed E-state index contributed by atoms with van der Waals surface area (Å²) >= 11 is 0. The predicted octanol–water partition coefficient (Wildman–Crippen LogP) is 1.43. The van der Waals surface area contributed by atoms with Gasteiger partial charge >= 0.3 is 0 Å². The van der Waals surface area contributed by atoms with Gasteiger partial charge in [0.05, 0.1) is 6.61 Å². The summed E-state index contributed by atoms with van der Waals surface area (Å²) in [5.41, 5.74) is 1.11. The van der Waals surface area contributed by atoms with E-state index in [-0.39, 0.29) is 0 Å². The number of benzene rings is 1. The Balaban J connectivity index is 2.47. The van der Waals surface area contributed by atoms with E-state index in [1.165, 1.54) is 0 Å². The summed E-state index contributed by atoms with van der Waals surface area (Å²) in [5.74, 6) is 3.30. The summed E-state index contributed by atoms with van der Waals surface area (Å²) in [5, 5.41) is 3.26. The lowest BCUT2D eigenvalue weighted by Gasteiger charge is -2.10. The van der Waals surface area contributed by atoms with Crippen LogP contribution >= 0.6 is 0 Å². The van der Waals surface area contributed by atoms with Crippen molar-refractivity contribution in [1.82, 2.24) is 5.32 Å². The van der Waals surface area contributed by atoms with Crippen LogP contribution in [-0.2, 0) is 11.3 Å². The molecule has 0 amide bonds. The number of nitrogens with one attached hydrogen (secondary N) is 1.